The second-order valence-corrected chi connectivity index (χ2v) is 21.0. The van der Waals surface area contributed by atoms with Gasteiger partial charge in [0.15, 0.2) is 5.65 Å². The standard InChI is InChI=1S/C64H70N10O4/c1-12-66-53-32-55-51(30-49(53)40(5)29-39(3)4)57(52-31-50-41(6)34-64(8,9)74(13-2)54(50)33-56(52)78-55)46-24-26-48(27-25-46)62(76)73(11)28-14-15-42(7)67-35-44-20-22-47(23-21-44)60(75)68-36-43-16-18-45(19-17-43)37-77-61-58-59(70-38-69-58)71-63(65-10)72-61/h16-27,29-34,38-39H,10,12-15,28,35-37H2,1-9,11H3,(H,68,75)(H,69,70,71,72). The Morgan fingerprint density at radius 1 is 0.923 bits per heavy atom. The summed E-state index contributed by atoms with van der Waals surface area (Å²) in [5.41, 5.74) is 15.7. The molecule has 2 aromatic heterocycles. The molecule has 2 N–H and O–H groups in total. The highest BCUT2D eigenvalue weighted by molar-refractivity contribution is 6.06. The lowest BCUT2D eigenvalue weighted by Crippen LogP contribution is -2.44. The fourth-order valence-corrected chi connectivity index (χ4v) is 10.5. The van der Waals surface area contributed by atoms with Crippen molar-refractivity contribution in [1.82, 2.24) is 30.2 Å². The number of amides is 2. The van der Waals surface area contributed by atoms with Crippen LogP contribution >= 0.6 is 0 Å². The van der Waals surface area contributed by atoms with Gasteiger partial charge in [-0.15, -0.1) is 0 Å². The van der Waals surface area contributed by atoms with Gasteiger partial charge >= 0.3 is 0 Å². The number of benzene rings is 5. The molecule has 0 atom stereocenters. The molecule has 4 aromatic carbocycles. The number of H-pyrrole nitrogens is 1. The third-order valence-corrected chi connectivity index (χ3v) is 14.4. The van der Waals surface area contributed by atoms with Gasteiger partial charge in [-0.2, -0.15) is 9.97 Å². The smallest absolute Gasteiger partial charge is 0.254 e. The summed E-state index contributed by atoms with van der Waals surface area (Å²) in [5.74, 6) is 1.49. The van der Waals surface area contributed by atoms with Crippen LogP contribution in [0.4, 0.5) is 11.6 Å². The molecule has 0 spiro atoms. The minimum absolute atomic E-state index is 0.0328. The second-order valence-electron chi connectivity index (χ2n) is 21.0. The van der Waals surface area contributed by atoms with Crippen molar-refractivity contribution in [3.63, 3.8) is 0 Å². The monoisotopic (exact) mass is 1040 g/mol. The first-order valence-corrected chi connectivity index (χ1v) is 26.9. The quantitative estimate of drug-likeness (QED) is 0.0596. The number of ether oxygens (including phenoxy) is 1. The second kappa shape index (κ2) is 23.4. The summed E-state index contributed by atoms with van der Waals surface area (Å²) in [5, 5.41) is 4.95. The van der Waals surface area contributed by atoms with Crippen LogP contribution in [0.25, 0.3) is 55.7 Å². The number of imidazole rings is 1. The van der Waals surface area contributed by atoms with Crippen molar-refractivity contribution in [1.29, 1.82) is 0 Å². The van der Waals surface area contributed by atoms with Crippen LogP contribution in [0, 0.1) is 5.92 Å². The number of nitrogens with one attached hydrogen (secondary N) is 2. The van der Waals surface area contributed by atoms with E-state index in [-0.39, 0.29) is 29.9 Å². The number of fused-ring (bicyclic) bond motifs is 4. The molecule has 2 amide bonds. The predicted molar refractivity (Wildman–Crippen MR) is 316 cm³/mol. The maximum absolute atomic E-state index is 13.9. The van der Waals surface area contributed by atoms with Gasteiger partial charge in [-0.05, 0) is 144 Å². The number of nitrogens with zero attached hydrogens (tertiary/aromatic N) is 8. The number of aliphatic imine (C=N–C) groups is 2. The first-order valence-electron chi connectivity index (χ1n) is 26.9. The predicted octanol–water partition coefficient (Wildman–Crippen LogP) is 13.2. The van der Waals surface area contributed by atoms with Crippen molar-refractivity contribution < 1.29 is 18.7 Å². The third-order valence-electron chi connectivity index (χ3n) is 14.4. The Labute approximate surface area is 457 Å². The van der Waals surface area contributed by atoms with Gasteiger partial charge in [0.25, 0.3) is 17.8 Å². The van der Waals surface area contributed by atoms with Gasteiger partial charge < -0.3 is 29.3 Å². The summed E-state index contributed by atoms with van der Waals surface area (Å²) >= 11 is 0. The Balaban J connectivity index is 0.816. The molecule has 3 aliphatic rings. The molecule has 0 radical (unpaired) electrons. The van der Waals surface area contributed by atoms with Gasteiger partial charge in [-0.25, -0.2) is 9.98 Å². The summed E-state index contributed by atoms with van der Waals surface area (Å²) < 4.78 is 12.8. The minimum atomic E-state index is -0.160. The van der Waals surface area contributed by atoms with Crippen LogP contribution < -0.4 is 20.3 Å². The Hall–Kier alpha value is -8.52. The molecule has 14 heteroatoms. The third kappa shape index (κ3) is 11.9. The van der Waals surface area contributed by atoms with E-state index in [1.54, 1.807) is 4.90 Å². The average Bonchev–Trinajstić information content (AvgIpc) is 4.06. The largest absolute Gasteiger partial charge is 0.471 e. The molecule has 0 saturated carbocycles. The van der Waals surface area contributed by atoms with E-state index >= 15 is 0 Å². The number of carbonyl (C=O) groups is 2. The van der Waals surface area contributed by atoms with E-state index in [0.29, 0.717) is 60.3 Å². The van der Waals surface area contributed by atoms with Gasteiger partial charge in [0, 0.05) is 95.5 Å². The molecular weight excluding hydrogens is 973 g/mol. The lowest BCUT2D eigenvalue weighted by Gasteiger charge is -2.43. The number of rotatable bonds is 19. The van der Waals surface area contributed by atoms with E-state index in [2.05, 4.69) is 146 Å². The lowest BCUT2D eigenvalue weighted by atomic mass is 9.85. The van der Waals surface area contributed by atoms with Gasteiger partial charge in [0.2, 0.25) is 5.88 Å². The zero-order valence-electron chi connectivity index (χ0n) is 46.6. The number of hydrogen-bond donors (Lipinski definition) is 2. The minimum Gasteiger partial charge on any atom is -0.471 e. The fourth-order valence-electron chi connectivity index (χ4n) is 10.5. The highest BCUT2D eigenvalue weighted by atomic mass is 16.5. The average molecular weight is 1040 g/mol. The zero-order chi connectivity index (χ0) is 55.3. The molecule has 0 bridgehead atoms. The van der Waals surface area contributed by atoms with E-state index < -0.39 is 0 Å². The van der Waals surface area contributed by atoms with E-state index in [1.807, 2.05) is 74.6 Å². The van der Waals surface area contributed by atoms with E-state index in [0.717, 1.165) is 91.8 Å². The fraction of sp³-hybridized carbons (Fsp3) is 0.312. The maximum Gasteiger partial charge on any atom is 0.254 e. The van der Waals surface area contributed by atoms with Gasteiger partial charge in [-0.3, -0.25) is 19.6 Å². The van der Waals surface area contributed by atoms with Crippen LogP contribution in [0.15, 0.2) is 135 Å². The maximum atomic E-state index is 13.9. The van der Waals surface area contributed by atoms with E-state index in [9.17, 15) is 9.59 Å². The van der Waals surface area contributed by atoms with Crippen LogP contribution in [0.2, 0.25) is 0 Å². The first kappa shape index (κ1) is 54.3. The SMILES string of the molecule is C=Nc1nc(OCc2ccc(CNC(=O)c3ccc(CN=C(C)CCCN(C)C(=O)c4ccc(-c5c6cc(C(C)=CC(C)C)c(=NCC)cc-6oc6cc7c(cc56)C(C)=CC(C)(C)N7CC)cc4)cc3)cc2)c2[nH]cnc2n1. The van der Waals surface area contributed by atoms with Crippen LogP contribution in [0.3, 0.4) is 0 Å². The van der Waals surface area contributed by atoms with Crippen molar-refractivity contribution >= 4 is 69.2 Å². The molecule has 9 rings (SSSR count). The molecule has 1 aliphatic carbocycles. The Bertz CT molecular complexity index is 3660. The topological polar surface area (TPSA) is 167 Å². The van der Waals surface area contributed by atoms with Crippen molar-refractivity contribution in [3.8, 4) is 28.3 Å². The van der Waals surface area contributed by atoms with E-state index in [1.165, 1.54) is 23.0 Å². The van der Waals surface area contributed by atoms with Gasteiger partial charge in [0.1, 0.15) is 23.5 Å². The van der Waals surface area contributed by atoms with Crippen molar-refractivity contribution in [2.45, 2.75) is 100 Å². The summed E-state index contributed by atoms with van der Waals surface area (Å²) in [4.78, 5) is 60.4. The highest BCUT2D eigenvalue weighted by Crippen LogP contribution is 2.46. The van der Waals surface area contributed by atoms with Gasteiger partial charge in [-0.1, -0.05) is 74.5 Å². The first-order chi connectivity index (χ1) is 37.5. The summed E-state index contributed by atoms with van der Waals surface area (Å²) in [6.07, 6.45) is 7.70. The molecular formula is C64H70N10O4. The van der Waals surface area contributed by atoms with Crippen molar-refractivity contribution in [2.24, 2.45) is 20.9 Å². The van der Waals surface area contributed by atoms with Crippen molar-refractivity contribution in [2.75, 3.05) is 31.6 Å². The Morgan fingerprint density at radius 2 is 1.64 bits per heavy atom. The number of aromatic nitrogens is 4. The summed E-state index contributed by atoms with van der Waals surface area (Å²) in [7, 11) is 1.86. The molecule has 0 fully saturated rings. The number of hydrogen-bond acceptors (Lipinski definition) is 11. The number of allylic oxidation sites excluding steroid dienone is 3. The number of anilines is 1. The molecule has 14 nitrogen and oxygen atoms in total. The van der Waals surface area contributed by atoms with E-state index in [4.69, 9.17) is 19.1 Å². The van der Waals surface area contributed by atoms with Crippen LogP contribution in [-0.2, 0) is 19.7 Å². The number of likely N-dealkylation sites (N-methyl/N-ethyl adjacent to an activating group) is 1. The van der Waals surface area contributed by atoms with Crippen LogP contribution in [-0.4, -0.2) is 81.3 Å². The lowest BCUT2D eigenvalue weighted by molar-refractivity contribution is 0.0793. The number of carbonyl (C=O) groups excluding carboxylic acids is 2. The molecule has 0 unspecified atom stereocenters. The van der Waals surface area contributed by atoms with Gasteiger partial charge in [0.05, 0.1) is 23.8 Å². The molecule has 2 aliphatic heterocycles. The normalized spacial score (nSPS) is 13.8. The van der Waals surface area contributed by atoms with Crippen LogP contribution in [0.5, 0.6) is 5.88 Å². The molecule has 78 heavy (non-hydrogen) atoms. The zero-order valence-corrected chi connectivity index (χ0v) is 46.6. The molecule has 6 aromatic rings. The number of aromatic amines is 1. The Kier molecular flexibility index (Phi) is 16.3. The molecule has 4 heterocycles. The molecule has 0 saturated heterocycles. The van der Waals surface area contributed by atoms with Crippen LogP contribution in [0.1, 0.15) is 124 Å². The van der Waals surface area contributed by atoms with Crippen molar-refractivity contribution in [3.05, 3.63) is 160 Å². The Morgan fingerprint density at radius 3 is 2.35 bits per heavy atom. The summed E-state index contributed by atoms with van der Waals surface area (Å²) in [6, 6.07) is 32.3. The molecule has 400 valence electrons. The highest BCUT2D eigenvalue weighted by Gasteiger charge is 2.32. The summed E-state index contributed by atoms with van der Waals surface area (Å²) in [6.45, 7) is 26.3.